The third kappa shape index (κ3) is 4.62. The standard InChI is InChI=1S/C20H24N4O3/c1-22-13-14-23(19(15-22)16-7-3-2-4-8-16)20(25)11-12-21-17-9-5-6-10-18(17)24(26)27/h2-10,19,21H,11-15H2,1H3/t19-/m0/s1. The van der Waals surface area contributed by atoms with E-state index in [2.05, 4.69) is 29.4 Å². The predicted molar refractivity (Wildman–Crippen MR) is 105 cm³/mol. The van der Waals surface area contributed by atoms with E-state index < -0.39 is 4.92 Å². The molecular weight excluding hydrogens is 344 g/mol. The first kappa shape index (κ1) is 18.8. The zero-order chi connectivity index (χ0) is 19.2. The van der Waals surface area contributed by atoms with Crippen LogP contribution in [0.15, 0.2) is 54.6 Å². The summed E-state index contributed by atoms with van der Waals surface area (Å²) < 4.78 is 0. The lowest BCUT2D eigenvalue weighted by molar-refractivity contribution is -0.384. The van der Waals surface area contributed by atoms with E-state index in [4.69, 9.17) is 0 Å². The maximum absolute atomic E-state index is 12.8. The number of carbonyl (C=O) groups excluding carboxylic acids is 1. The van der Waals surface area contributed by atoms with E-state index >= 15 is 0 Å². The summed E-state index contributed by atoms with van der Waals surface area (Å²) in [6.45, 7) is 2.68. The third-order valence-electron chi connectivity index (χ3n) is 4.84. The molecule has 1 aliphatic rings. The Morgan fingerprint density at radius 2 is 1.85 bits per heavy atom. The van der Waals surface area contributed by atoms with E-state index in [9.17, 15) is 14.9 Å². The van der Waals surface area contributed by atoms with Crippen LogP contribution in [0.25, 0.3) is 0 Å². The smallest absolute Gasteiger partial charge is 0.292 e. The number of nitro groups is 1. The topological polar surface area (TPSA) is 78.7 Å². The summed E-state index contributed by atoms with van der Waals surface area (Å²) in [5, 5.41) is 14.1. The predicted octanol–water partition coefficient (Wildman–Crippen LogP) is 2.91. The van der Waals surface area contributed by atoms with Crippen molar-refractivity contribution >= 4 is 17.3 Å². The number of para-hydroxylation sites is 2. The van der Waals surface area contributed by atoms with Crippen LogP contribution in [0.1, 0.15) is 18.0 Å². The lowest BCUT2D eigenvalue weighted by atomic mass is 10.0. The Hall–Kier alpha value is -2.93. The molecule has 1 saturated heterocycles. The zero-order valence-corrected chi connectivity index (χ0v) is 15.4. The molecule has 0 bridgehead atoms. The Balaban J connectivity index is 1.63. The first-order chi connectivity index (χ1) is 13.1. The monoisotopic (exact) mass is 368 g/mol. The summed E-state index contributed by atoms with van der Waals surface area (Å²) in [4.78, 5) is 27.6. The highest BCUT2D eigenvalue weighted by atomic mass is 16.6. The van der Waals surface area contributed by atoms with E-state index in [1.165, 1.54) is 6.07 Å². The van der Waals surface area contributed by atoms with E-state index in [1.54, 1.807) is 18.2 Å². The van der Waals surface area contributed by atoms with Crippen molar-refractivity contribution in [1.82, 2.24) is 9.80 Å². The molecule has 0 saturated carbocycles. The zero-order valence-electron chi connectivity index (χ0n) is 15.4. The van der Waals surface area contributed by atoms with Crippen molar-refractivity contribution in [3.05, 3.63) is 70.3 Å². The summed E-state index contributed by atoms with van der Waals surface area (Å²) >= 11 is 0. The molecule has 0 aromatic heterocycles. The molecule has 1 fully saturated rings. The van der Waals surface area contributed by atoms with Crippen LogP contribution in [0, 0.1) is 10.1 Å². The van der Waals surface area contributed by atoms with Gasteiger partial charge in [-0.2, -0.15) is 0 Å². The Labute approximate surface area is 158 Å². The van der Waals surface area contributed by atoms with Gasteiger partial charge >= 0.3 is 0 Å². The molecule has 1 atom stereocenters. The molecule has 0 spiro atoms. The van der Waals surface area contributed by atoms with Crippen molar-refractivity contribution < 1.29 is 9.72 Å². The number of hydrogen-bond donors (Lipinski definition) is 1. The number of hydrogen-bond acceptors (Lipinski definition) is 5. The molecule has 27 heavy (non-hydrogen) atoms. The minimum Gasteiger partial charge on any atom is -0.379 e. The highest BCUT2D eigenvalue weighted by Gasteiger charge is 2.29. The molecule has 7 heteroatoms. The highest BCUT2D eigenvalue weighted by molar-refractivity contribution is 5.77. The molecule has 2 aromatic rings. The Morgan fingerprint density at radius 3 is 2.59 bits per heavy atom. The first-order valence-corrected chi connectivity index (χ1v) is 9.06. The molecule has 0 aliphatic carbocycles. The molecule has 0 unspecified atom stereocenters. The van der Waals surface area contributed by atoms with Gasteiger partial charge in [-0.15, -0.1) is 0 Å². The SMILES string of the molecule is CN1CCN(C(=O)CCNc2ccccc2[N+](=O)[O-])[C@H](c2ccccc2)C1. The van der Waals surface area contributed by atoms with Crippen LogP contribution in [0.2, 0.25) is 0 Å². The largest absolute Gasteiger partial charge is 0.379 e. The number of piperazine rings is 1. The molecule has 142 valence electrons. The maximum Gasteiger partial charge on any atom is 0.292 e. The van der Waals surface area contributed by atoms with Crippen molar-refractivity contribution in [2.75, 3.05) is 38.5 Å². The third-order valence-corrected chi connectivity index (χ3v) is 4.84. The molecular formula is C20H24N4O3. The minimum absolute atomic E-state index is 0.0201. The van der Waals surface area contributed by atoms with E-state index in [0.717, 1.165) is 18.7 Å². The van der Waals surface area contributed by atoms with Crippen molar-refractivity contribution in [1.29, 1.82) is 0 Å². The van der Waals surface area contributed by atoms with Crippen LogP contribution in [-0.2, 0) is 4.79 Å². The highest BCUT2D eigenvalue weighted by Crippen LogP contribution is 2.26. The number of nitro benzene ring substituents is 1. The van der Waals surface area contributed by atoms with Crippen LogP contribution in [0.4, 0.5) is 11.4 Å². The van der Waals surface area contributed by atoms with Crippen LogP contribution in [-0.4, -0.2) is 53.9 Å². The van der Waals surface area contributed by atoms with Gasteiger partial charge in [-0.3, -0.25) is 14.9 Å². The summed E-state index contributed by atoms with van der Waals surface area (Å²) in [5.74, 6) is 0.0584. The number of amides is 1. The number of rotatable bonds is 6. The van der Waals surface area contributed by atoms with Crippen molar-refractivity contribution in [3.63, 3.8) is 0 Å². The van der Waals surface area contributed by atoms with Crippen molar-refractivity contribution in [2.45, 2.75) is 12.5 Å². The molecule has 1 N–H and O–H groups in total. The van der Waals surface area contributed by atoms with Gasteiger partial charge in [0.25, 0.3) is 5.69 Å². The second-order valence-corrected chi connectivity index (χ2v) is 6.73. The van der Waals surface area contributed by atoms with Gasteiger partial charge in [-0.1, -0.05) is 42.5 Å². The van der Waals surface area contributed by atoms with Gasteiger partial charge in [0.1, 0.15) is 5.69 Å². The second-order valence-electron chi connectivity index (χ2n) is 6.73. The summed E-state index contributed by atoms with van der Waals surface area (Å²) in [5.41, 5.74) is 1.59. The van der Waals surface area contributed by atoms with E-state index in [-0.39, 0.29) is 17.6 Å². The fraction of sp³-hybridized carbons (Fsp3) is 0.350. The normalized spacial score (nSPS) is 17.5. The van der Waals surface area contributed by atoms with Gasteiger partial charge in [-0.25, -0.2) is 0 Å². The molecule has 7 nitrogen and oxygen atoms in total. The average molecular weight is 368 g/mol. The van der Waals surface area contributed by atoms with Crippen LogP contribution < -0.4 is 5.32 Å². The Morgan fingerprint density at radius 1 is 1.15 bits per heavy atom. The summed E-state index contributed by atoms with van der Waals surface area (Å²) in [6.07, 6.45) is 0.291. The number of nitrogens with one attached hydrogen (secondary N) is 1. The maximum atomic E-state index is 12.8. The van der Waals surface area contributed by atoms with Gasteiger partial charge in [0.15, 0.2) is 0 Å². The van der Waals surface area contributed by atoms with Gasteiger partial charge in [0, 0.05) is 38.7 Å². The summed E-state index contributed by atoms with van der Waals surface area (Å²) in [7, 11) is 2.06. The molecule has 1 amide bonds. The second kappa shape index (κ2) is 8.64. The van der Waals surface area contributed by atoms with Crippen molar-refractivity contribution in [3.8, 4) is 0 Å². The molecule has 3 rings (SSSR count). The average Bonchev–Trinajstić information content (AvgIpc) is 2.68. The molecule has 2 aromatic carbocycles. The van der Waals surface area contributed by atoms with Gasteiger partial charge < -0.3 is 15.1 Å². The van der Waals surface area contributed by atoms with Gasteiger partial charge in [-0.05, 0) is 18.7 Å². The fourth-order valence-corrected chi connectivity index (χ4v) is 3.41. The Bertz CT molecular complexity index is 797. The molecule has 1 heterocycles. The number of carbonyl (C=O) groups is 1. The number of likely N-dealkylation sites (N-methyl/N-ethyl adjacent to an activating group) is 1. The first-order valence-electron chi connectivity index (χ1n) is 9.06. The molecule has 1 aliphatic heterocycles. The van der Waals surface area contributed by atoms with E-state index in [0.29, 0.717) is 25.2 Å². The minimum atomic E-state index is -0.421. The number of anilines is 1. The Kier molecular flexibility index (Phi) is 6.03. The van der Waals surface area contributed by atoms with Crippen molar-refractivity contribution in [2.24, 2.45) is 0 Å². The van der Waals surface area contributed by atoms with Crippen LogP contribution >= 0.6 is 0 Å². The van der Waals surface area contributed by atoms with Gasteiger partial charge in [0.2, 0.25) is 5.91 Å². The fourth-order valence-electron chi connectivity index (χ4n) is 3.41. The molecule has 0 radical (unpaired) electrons. The van der Waals surface area contributed by atoms with Gasteiger partial charge in [0.05, 0.1) is 11.0 Å². The van der Waals surface area contributed by atoms with Crippen LogP contribution in [0.3, 0.4) is 0 Å². The number of nitrogens with zero attached hydrogens (tertiary/aromatic N) is 3. The quantitative estimate of drug-likeness (QED) is 0.626. The summed E-state index contributed by atoms with van der Waals surface area (Å²) in [6, 6.07) is 16.6. The van der Waals surface area contributed by atoms with Crippen LogP contribution in [0.5, 0.6) is 0 Å². The van der Waals surface area contributed by atoms with E-state index in [1.807, 2.05) is 23.1 Å². The lowest BCUT2D eigenvalue weighted by Gasteiger charge is -2.40. The lowest BCUT2D eigenvalue weighted by Crippen LogP contribution is -2.49. The number of benzene rings is 2.